The van der Waals surface area contributed by atoms with Crippen molar-refractivity contribution in [3.63, 3.8) is 0 Å². The standard InChI is InChI=1S/C9H10BO3/c11-10-7-1-3-8(4-2-7)13-9-5-12-6-9/h1-4,9,11H,5-6H2. The highest BCUT2D eigenvalue weighted by molar-refractivity contribution is 6.45. The minimum absolute atomic E-state index is 0.198. The van der Waals surface area contributed by atoms with E-state index in [0.717, 1.165) is 18.7 Å². The maximum absolute atomic E-state index is 8.68. The van der Waals surface area contributed by atoms with Crippen LogP contribution in [0.5, 0.6) is 5.75 Å². The van der Waals surface area contributed by atoms with Crippen molar-refractivity contribution < 1.29 is 14.5 Å². The summed E-state index contributed by atoms with van der Waals surface area (Å²) in [5.41, 5.74) is 0.775. The lowest BCUT2D eigenvalue weighted by Gasteiger charge is -2.26. The smallest absolute Gasteiger partial charge is 0.326 e. The second-order valence-electron chi connectivity index (χ2n) is 2.98. The van der Waals surface area contributed by atoms with Crippen molar-refractivity contribution in [2.75, 3.05) is 13.2 Å². The van der Waals surface area contributed by atoms with Crippen LogP contribution >= 0.6 is 0 Å². The summed E-state index contributed by atoms with van der Waals surface area (Å²) in [7, 11) is 1.07. The molecule has 0 atom stereocenters. The lowest BCUT2D eigenvalue weighted by Crippen LogP contribution is -2.38. The summed E-state index contributed by atoms with van der Waals surface area (Å²) in [5.74, 6) is 0.818. The summed E-state index contributed by atoms with van der Waals surface area (Å²) in [6, 6.07) is 7.27. The largest absolute Gasteiger partial charge is 0.486 e. The maximum Gasteiger partial charge on any atom is 0.326 e. The molecule has 0 saturated carbocycles. The van der Waals surface area contributed by atoms with E-state index >= 15 is 0 Å². The summed E-state index contributed by atoms with van der Waals surface area (Å²) >= 11 is 0. The van der Waals surface area contributed by atoms with Crippen LogP contribution in [-0.4, -0.2) is 31.8 Å². The zero-order chi connectivity index (χ0) is 9.10. The summed E-state index contributed by atoms with van der Waals surface area (Å²) in [4.78, 5) is 0. The van der Waals surface area contributed by atoms with Crippen molar-refractivity contribution in [1.29, 1.82) is 0 Å². The van der Waals surface area contributed by atoms with Gasteiger partial charge in [0.05, 0.1) is 13.2 Å². The molecule has 1 aromatic rings. The summed E-state index contributed by atoms with van der Waals surface area (Å²) < 4.78 is 10.5. The molecule has 0 unspecified atom stereocenters. The van der Waals surface area contributed by atoms with Crippen LogP contribution in [0.2, 0.25) is 0 Å². The fourth-order valence-electron chi connectivity index (χ4n) is 1.11. The summed E-state index contributed by atoms with van der Waals surface area (Å²) in [5, 5.41) is 8.68. The van der Waals surface area contributed by atoms with Gasteiger partial charge in [-0.25, -0.2) is 0 Å². The van der Waals surface area contributed by atoms with Crippen LogP contribution in [0.25, 0.3) is 0 Å². The molecule has 0 amide bonds. The van der Waals surface area contributed by atoms with Crippen molar-refractivity contribution in [2.45, 2.75) is 6.10 Å². The van der Waals surface area contributed by atoms with E-state index in [9.17, 15) is 0 Å². The third-order valence-electron chi connectivity index (χ3n) is 1.94. The Morgan fingerprint density at radius 3 is 2.46 bits per heavy atom. The van der Waals surface area contributed by atoms with Gasteiger partial charge >= 0.3 is 7.48 Å². The molecule has 1 aliphatic heterocycles. The normalized spacial score (nSPS) is 16.4. The zero-order valence-electron chi connectivity index (χ0n) is 7.14. The van der Waals surface area contributed by atoms with Crippen LogP contribution < -0.4 is 10.2 Å². The van der Waals surface area contributed by atoms with Crippen molar-refractivity contribution in [2.24, 2.45) is 0 Å². The first-order valence-corrected chi connectivity index (χ1v) is 4.20. The quantitative estimate of drug-likeness (QED) is 0.644. The predicted octanol–water partition coefficient (Wildman–Crippen LogP) is -0.299. The number of hydrogen-bond donors (Lipinski definition) is 1. The fourth-order valence-corrected chi connectivity index (χ4v) is 1.11. The molecule has 0 spiro atoms. The number of hydrogen-bond acceptors (Lipinski definition) is 3. The van der Waals surface area contributed by atoms with Crippen molar-refractivity contribution in [3.8, 4) is 5.75 Å². The Balaban J connectivity index is 1.96. The van der Waals surface area contributed by atoms with Gasteiger partial charge in [-0.05, 0) is 12.1 Å². The molecule has 0 bridgehead atoms. The molecular weight excluding hydrogens is 167 g/mol. The third-order valence-corrected chi connectivity index (χ3v) is 1.94. The molecule has 67 valence electrons. The lowest BCUT2D eigenvalue weighted by atomic mass is 9.89. The van der Waals surface area contributed by atoms with Gasteiger partial charge < -0.3 is 14.5 Å². The van der Waals surface area contributed by atoms with E-state index in [0.29, 0.717) is 13.2 Å². The molecule has 1 saturated heterocycles. The second kappa shape index (κ2) is 3.81. The maximum atomic E-state index is 8.68. The van der Waals surface area contributed by atoms with Crippen LogP contribution in [0.15, 0.2) is 24.3 Å². The molecule has 0 aromatic heterocycles. The van der Waals surface area contributed by atoms with Gasteiger partial charge in [-0.2, -0.15) is 0 Å². The molecule has 13 heavy (non-hydrogen) atoms. The van der Waals surface area contributed by atoms with E-state index < -0.39 is 0 Å². The number of benzene rings is 1. The summed E-state index contributed by atoms with van der Waals surface area (Å²) in [6.45, 7) is 1.35. The van der Waals surface area contributed by atoms with Gasteiger partial charge in [0, 0.05) is 0 Å². The minimum Gasteiger partial charge on any atom is -0.486 e. The van der Waals surface area contributed by atoms with Gasteiger partial charge in [-0.15, -0.1) is 0 Å². The topological polar surface area (TPSA) is 38.7 Å². The van der Waals surface area contributed by atoms with Crippen LogP contribution in [0.4, 0.5) is 0 Å². The van der Waals surface area contributed by atoms with Gasteiger partial charge in [-0.3, -0.25) is 0 Å². The van der Waals surface area contributed by atoms with E-state index in [2.05, 4.69) is 0 Å². The average Bonchev–Trinajstić information content (AvgIpc) is 2.12. The van der Waals surface area contributed by atoms with Crippen LogP contribution in [0.3, 0.4) is 0 Å². The van der Waals surface area contributed by atoms with Gasteiger partial charge in [-0.1, -0.05) is 17.6 Å². The fraction of sp³-hybridized carbons (Fsp3) is 0.333. The Hall–Kier alpha value is -0.995. The van der Waals surface area contributed by atoms with Crippen molar-refractivity contribution >= 4 is 12.9 Å². The van der Waals surface area contributed by atoms with Gasteiger partial charge in [0.2, 0.25) is 0 Å². The minimum atomic E-state index is 0.198. The molecule has 1 radical (unpaired) electrons. The Morgan fingerprint density at radius 1 is 1.31 bits per heavy atom. The molecule has 1 heterocycles. The Morgan fingerprint density at radius 2 is 2.00 bits per heavy atom. The molecular formula is C9H10BO3. The average molecular weight is 177 g/mol. The SMILES string of the molecule is O[B]c1ccc(OC2COC2)cc1. The second-order valence-corrected chi connectivity index (χ2v) is 2.98. The monoisotopic (exact) mass is 177 g/mol. The van der Waals surface area contributed by atoms with E-state index in [1.54, 1.807) is 12.1 Å². The third kappa shape index (κ3) is 2.02. The Kier molecular flexibility index (Phi) is 2.52. The number of ether oxygens (including phenoxy) is 2. The molecule has 4 heteroatoms. The highest BCUT2D eigenvalue weighted by Crippen LogP contribution is 2.13. The van der Waals surface area contributed by atoms with Crippen molar-refractivity contribution in [1.82, 2.24) is 0 Å². The number of rotatable bonds is 3. The van der Waals surface area contributed by atoms with Crippen LogP contribution in [0.1, 0.15) is 0 Å². The van der Waals surface area contributed by atoms with Gasteiger partial charge in [0.25, 0.3) is 0 Å². The first-order chi connectivity index (χ1) is 6.38. The van der Waals surface area contributed by atoms with E-state index in [1.165, 1.54) is 0 Å². The molecule has 1 N–H and O–H groups in total. The molecule has 1 aliphatic rings. The van der Waals surface area contributed by atoms with Crippen molar-refractivity contribution in [3.05, 3.63) is 24.3 Å². The first kappa shape index (κ1) is 8.60. The molecule has 3 nitrogen and oxygen atoms in total. The highest BCUT2D eigenvalue weighted by atomic mass is 16.6. The van der Waals surface area contributed by atoms with E-state index in [-0.39, 0.29) is 6.10 Å². The Bertz CT molecular complexity index is 269. The van der Waals surface area contributed by atoms with E-state index in [4.69, 9.17) is 14.5 Å². The van der Waals surface area contributed by atoms with Gasteiger partial charge in [0.1, 0.15) is 11.9 Å². The molecule has 2 rings (SSSR count). The lowest BCUT2D eigenvalue weighted by molar-refractivity contribution is -0.0796. The molecule has 0 aliphatic carbocycles. The van der Waals surface area contributed by atoms with Crippen LogP contribution in [0, 0.1) is 0 Å². The highest BCUT2D eigenvalue weighted by Gasteiger charge is 2.19. The Labute approximate surface area is 77.6 Å². The van der Waals surface area contributed by atoms with E-state index in [1.807, 2.05) is 12.1 Å². The molecule has 1 aromatic carbocycles. The van der Waals surface area contributed by atoms with Gasteiger partial charge in [0.15, 0.2) is 0 Å². The van der Waals surface area contributed by atoms with Crippen LogP contribution in [-0.2, 0) is 4.74 Å². The molecule has 1 fully saturated rings. The zero-order valence-corrected chi connectivity index (χ0v) is 7.14. The predicted molar refractivity (Wildman–Crippen MR) is 49.3 cm³/mol. The summed E-state index contributed by atoms with van der Waals surface area (Å²) in [6.07, 6.45) is 0.198. The first-order valence-electron chi connectivity index (χ1n) is 4.20.